The number of fused-ring (bicyclic) bond motifs is 2. The van der Waals surface area contributed by atoms with Crippen LogP contribution < -0.4 is 4.90 Å². The van der Waals surface area contributed by atoms with Gasteiger partial charge >= 0.3 is 5.97 Å². The van der Waals surface area contributed by atoms with Gasteiger partial charge in [-0.2, -0.15) is 0 Å². The molecule has 4 heterocycles. The smallest absolute Gasteiger partial charge is 0.331 e. The molecular weight excluding hydrogens is 387 g/mol. The molecule has 2 bridgehead atoms. The van der Waals surface area contributed by atoms with Gasteiger partial charge < -0.3 is 14.2 Å². The molecule has 6 rings (SSSR count). The van der Waals surface area contributed by atoms with Crippen LogP contribution in [0.4, 0.5) is 5.82 Å². The first-order valence-electron chi connectivity index (χ1n) is 8.66. The highest BCUT2D eigenvalue weighted by Gasteiger charge is 2.62. The number of imidazole rings is 1. The Morgan fingerprint density at radius 3 is 2.85 bits per heavy atom. The minimum absolute atomic E-state index is 0.209. The first-order chi connectivity index (χ1) is 13.0. The van der Waals surface area contributed by atoms with Crippen molar-refractivity contribution in [1.82, 2.24) is 14.5 Å². The van der Waals surface area contributed by atoms with E-state index in [1.54, 1.807) is 18.6 Å². The molecule has 1 aromatic carbocycles. The molecular formula is C19H16Cl2N4O2. The number of halogens is 2. The van der Waals surface area contributed by atoms with Crippen molar-refractivity contribution in [2.24, 2.45) is 5.92 Å². The molecule has 27 heavy (non-hydrogen) atoms. The second-order valence-corrected chi connectivity index (χ2v) is 7.92. The molecule has 0 atom stereocenters. The first-order valence-corrected chi connectivity index (χ1v) is 9.42. The normalized spacial score (nSPS) is 23.5. The number of carbonyl (C=O) groups excluding carboxylic acids is 1. The summed E-state index contributed by atoms with van der Waals surface area (Å²) in [6, 6.07) is 5.63. The number of pyridine rings is 1. The zero-order chi connectivity index (χ0) is 18.8. The van der Waals surface area contributed by atoms with Crippen LogP contribution in [-0.4, -0.2) is 39.7 Å². The lowest BCUT2D eigenvalue weighted by Crippen LogP contribution is -2.53. The number of methoxy groups -OCH3 is 1. The van der Waals surface area contributed by atoms with E-state index in [2.05, 4.69) is 9.88 Å². The maximum atomic E-state index is 12.5. The van der Waals surface area contributed by atoms with Gasteiger partial charge in [-0.05, 0) is 30.9 Å². The van der Waals surface area contributed by atoms with Gasteiger partial charge in [0.05, 0.1) is 34.7 Å². The largest absolute Gasteiger partial charge is 0.467 e. The van der Waals surface area contributed by atoms with E-state index in [1.807, 2.05) is 22.9 Å². The Hall–Kier alpha value is -2.31. The first kappa shape index (κ1) is 16.8. The number of nitrogens with zero attached hydrogens (tertiary/aromatic N) is 4. The molecule has 2 saturated heterocycles. The lowest BCUT2D eigenvalue weighted by Gasteiger charge is -2.39. The number of hydrogen-bond acceptors (Lipinski definition) is 5. The number of aromatic nitrogens is 3. The molecule has 1 saturated carbocycles. The zero-order valence-corrected chi connectivity index (χ0v) is 16.0. The lowest BCUT2D eigenvalue weighted by atomic mass is 9.73. The van der Waals surface area contributed by atoms with Gasteiger partial charge in [-0.1, -0.05) is 23.2 Å². The third-order valence-electron chi connectivity index (χ3n) is 5.67. The van der Waals surface area contributed by atoms with Gasteiger partial charge in [0.2, 0.25) is 0 Å². The quantitative estimate of drug-likeness (QED) is 0.622. The molecule has 6 nitrogen and oxygen atoms in total. The van der Waals surface area contributed by atoms with Crippen molar-refractivity contribution in [3.63, 3.8) is 0 Å². The zero-order valence-electron chi connectivity index (χ0n) is 14.5. The fraction of sp³-hybridized carbons (Fsp3) is 0.316. The Balaban J connectivity index is 1.74. The van der Waals surface area contributed by atoms with E-state index < -0.39 is 5.54 Å². The number of ether oxygens (including phenoxy) is 1. The summed E-state index contributed by atoms with van der Waals surface area (Å²) in [5.41, 5.74) is 0.863. The molecule has 0 N–H and O–H groups in total. The predicted octanol–water partition coefficient (Wildman–Crippen LogP) is 3.87. The fourth-order valence-electron chi connectivity index (χ4n) is 4.41. The maximum absolute atomic E-state index is 12.5. The Bertz CT molecular complexity index is 1060. The highest BCUT2D eigenvalue weighted by atomic mass is 35.5. The number of benzene rings is 1. The molecule has 1 aliphatic carbocycles. The summed E-state index contributed by atoms with van der Waals surface area (Å²) in [5.74, 6) is 0.966. The summed E-state index contributed by atoms with van der Waals surface area (Å²) in [5, 5.41) is 1.71. The monoisotopic (exact) mass is 402 g/mol. The highest BCUT2D eigenvalue weighted by Crippen LogP contribution is 2.53. The van der Waals surface area contributed by atoms with E-state index in [0.717, 1.165) is 30.5 Å². The van der Waals surface area contributed by atoms with Crippen molar-refractivity contribution in [1.29, 1.82) is 0 Å². The van der Waals surface area contributed by atoms with Crippen LogP contribution in [0.15, 0.2) is 36.9 Å². The Morgan fingerprint density at radius 1 is 1.33 bits per heavy atom. The van der Waals surface area contributed by atoms with Crippen molar-refractivity contribution in [2.45, 2.75) is 18.4 Å². The molecule has 0 radical (unpaired) electrons. The predicted molar refractivity (Wildman–Crippen MR) is 104 cm³/mol. The summed E-state index contributed by atoms with van der Waals surface area (Å²) in [7, 11) is 1.43. The maximum Gasteiger partial charge on any atom is 0.331 e. The summed E-state index contributed by atoms with van der Waals surface area (Å²) in [6.45, 7) is 0.773. The van der Waals surface area contributed by atoms with Crippen molar-refractivity contribution in [3.8, 4) is 5.69 Å². The summed E-state index contributed by atoms with van der Waals surface area (Å²) in [4.78, 5) is 23.5. The Morgan fingerprint density at radius 2 is 2.15 bits per heavy atom. The highest BCUT2D eigenvalue weighted by molar-refractivity contribution is 6.45. The molecule has 8 heteroatoms. The van der Waals surface area contributed by atoms with Gasteiger partial charge in [-0.25, -0.2) is 14.8 Å². The second-order valence-electron chi connectivity index (χ2n) is 7.14. The van der Waals surface area contributed by atoms with E-state index in [9.17, 15) is 4.79 Å². The van der Waals surface area contributed by atoms with E-state index in [1.165, 1.54) is 7.11 Å². The van der Waals surface area contributed by atoms with Crippen LogP contribution >= 0.6 is 23.2 Å². The molecule has 0 unspecified atom stereocenters. The van der Waals surface area contributed by atoms with Gasteiger partial charge in [-0.3, -0.25) is 0 Å². The molecule has 138 valence electrons. The summed E-state index contributed by atoms with van der Waals surface area (Å²) < 4.78 is 6.99. The van der Waals surface area contributed by atoms with Crippen LogP contribution in [0.3, 0.4) is 0 Å². The van der Waals surface area contributed by atoms with Crippen molar-refractivity contribution < 1.29 is 9.53 Å². The minimum Gasteiger partial charge on any atom is -0.467 e. The van der Waals surface area contributed by atoms with Gasteiger partial charge in [0.25, 0.3) is 0 Å². The molecule has 2 aromatic heterocycles. The van der Waals surface area contributed by atoms with Crippen LogP contribution in [0.2, 0.25) is 10.0 Å². The van der Waals surface area contributed by atoms with Gasteiger partial charge in [0, 0.05) is 30.4 Å². The van der Waals surface area contributed by atoms with Crippen molar-refractivity contribution >= 4 is 45.9 Å². The van der Waals surface area contributed by atoms with E-state index in [-0.39, 0.29) is 5.97 Å². The van der Waals surface area contributed by atoms with Crippen LogP contribution in [0, 0.1) is 5.92 Å². The lowest BCUT2D eigenvalue weighted by molar-refractivity contribution is -0.149. The summed E-state index contributed by atoms with van der Waals surface area (Å²) >= 11 is 12.7. The van der Waals surface area contributed by atoms with E-state index in [0.29, 0.717) is 27.3 Å². The van der Waals surface area contributed by atoms with E-state index >= 15 is 0 Å². The topological polar surface area (TPSA) is 60.2 Å². The molecule has 3 fully saturated rings. The minimum atomic E-state index is -0.628. The van der Waals surface area contributed by atoms with Crippen LogP contribution in [-0.2, 0) is 9.53 Å². The molecule has 0 amide bonds. The SMILES string of the molecule is COC(=O)C12CC(CN1c1cc(-n3ccnc3)c3ccc(Cl)c(Cl)c3n1)C2. The van der Waals surface area contributed by atoms with Crippen LogP contribution in [0.5, 0.6) is 0 Å². The number of rotatable bonds is 3. The van der Waals surface area contributed by atoms with Gasteiger partial charge in [0.15, 0.2) is 0 Å². The number of esters is 1. The van der Waals surface area contributed by atoms with Gasteiger partial charge in [-0.15, -0.1) is 0 Å². The third-order valence-corrected chi connectivity index (χ3v) is 6.47. The Kier molecular flexibility index (Phi) is 3.64. The van der Waals surface area contributed by atoms with Crippen molar-refractivity contribution in [3.05, 3.63) is 47.0 Å². The van der Waals surface area contributed by atoms with E-state index in [4.69, 9.17) is 32.9 Å². The van der Waals surface area contributed by atoms with Crippen molar-refractivity contribution in [2.75, 3.05) is 18.6 Å². The number of anilines is 1. The Labute approximate surface area is 165 Å². The fourth-order valence-corrected chi connectivity index (χ4v) is 4.77. The third kappa shape index (κ3) is 2.29. The molecule has 3 aliphatic rings. The summed E-state index contributed by atoms with van der Waals surface area (Å²) in [6.07, 6.45) is 6.89. The number of carbonyl (C=O) groups is 1. The number of hydrogen-bond donors (Lipinski definition) is 0. The average molecular weight is 403 g/mol. The molecule has 0 spiro atoms. The van der Waals surface area contributed by atoms with Crippen LogP contribution in [0.25, 0.3) is 16.6 Å². The van der Waals surface area contributed by atoms with Crippen LogP contribution in [0.1, 0.15) is 12.8 Å². The molecule has 3 aromatic rings. The standard InChI is InChI=1S/C19H16Cl2N4O2/c1-27-18(26)19-7-11(8-19)9-25(19)15-6-14(24-5-4-22-10-24)12-2-3-13(20)16(21)17(12)23-15/h2-6,10-11H,7-9H2,1H3. The van der Waals surface area contributed by atoms with Gasteiger partial charge in [0.1, 0.15) is 11.4 Å². The molecule has 2 aliphatic heterocycles. The second kappa shape index (κ2) is 5.84. The average Bonchev–Trinajstić information content (AvgIpc) is 3.38.